The molecule has 0 unspecified atom stereocenters. The largest absolute Gasteiger partial charge is 0.349 e. The van der Waals surface area contributed by atoms with Gasteiger partial charge in [0.1, 0.15) is 4.90 Å². The van der Waals surface area contributed by atoms with Crippen molar-refractivity contribution in [1.82, 2.24) is 14.7 Å². The Hall–Kier alpha value is -2.42. The lowest BCUT2D eigenvalue weighted by Gasteiger charge is -2.35. The van der Waals surface area contributed by atoms with Gasteiger partial charge in [0, 0.05) is 44.7 Å². The number of piperidine rings is 1. The van der Waals surface area contributed by atoms with Gasteiger partial charge in [0.25, 0.3) is 10.0 Å². The zero-order chi connectivity index (χ0) is 22.0. The van der Waals surface area contributed by atoms with E-state index in [0.717, 1.165) is 25.9 Å². The molecule has 3 aliphatic rings. The molecule has 4 rings (SSSR count). The fourth-order valence-corrected chi connectivity index (χ4v) is 5.92. The Bertz CT molecular complexity index is 975. The third-order valence-electron chi connectivity index (χ3n) is 6.46. The summed E-state index contributed by atoms with van der Waals surface area (Å²) in [5.41, 5.74) is 0.527. The molecule has 0 aliphatic carbocycles. The third kappa shape index (κ3) is 4.61. The van der Waals surface area contributed by atoms with Crippen LogP contribution in [0.1, 0.15) is 44.1 Å². The number of rotatable bonds is 3. The molecule has 0 N–H and O–H groups in total. The molecule has 0 saturated carbocycles. The number of hydrogen-bond donors (Lipinski definition) is 0. The van der Waals surface area contributed by atoms with Crippen molar-refractivity contribution in [2.45, 2.75) is 43.4 Å². The first kappa shape index (κ1) is 21.8. The smallest absolute Gasteiger partial charge is 0.285 e. The van der Waals surface area contributed by atoms with Crippen molar-refractivity contribution in [3.63, 3.8) is 0 Å². The molecule has 0 spiro atoms. The minimum atomic E-state index is -3.71. The van der Waals surface area contributed by atoms with Crippen LogP contribution in [0.15, 0.2) is 33.6 Å². The van der Waals surface area contributed by atoms with Crippen LogP contribution in [0.5, 0.6) is 0 Å². The fourth-order valence-electron chi connectivity index (χ4n) is 4.67. The Morgan fingerprint density at radius 1 is 1.00 bits per heavy atom. The molecule has 2 amide bonds. The van der Waals surface area contributed by atoms with Gasteiger partial charge in [0.05, 0.1) is 6.54 Å². The van der Waals surface area contributed by atoms with Gasteiger partial charge in [0.15, 0.2) is 5.84 Å². The second kappa shape index (κ2) is 8.98. The number of likely N-dealkylation sites (tertiary alicyclic amines) is 2. The summed E-state index contributed by atoms with van der Waals surface area (Å²) >= 11 is 0. The highest BCUT2D eigenvalue weighted by atomic mass is 32.2. The Morgan fingerprint density at radius 3 is 2.32 bits per heavy atom. The third-order valence-corrected chi connectivity index (χ3v) is 7.79. The van der Waals surface area contributed by atoms with Crippen molar-refractivity contribution in [3.05, 3.63) is 29.8 Å². The first-order valence-electron chi connectivity index (χ1n) is 11.1. The minimum Gasteiger partial charge on any atom is -0.349 e. The second-order valence-corrected chi connectivity index (χ2v) is 10.2. The van der Waals surface area contributed by atoms with Crippen molar-refractivity contribution in [3.8, 4) is 0 Å². The molecular formula is C22H30N4O4S. The van der Waals surface area contributed by atoms with Gasteiger partial charge in [-0.25, -0.2) is 0 Å². The highest BCUT2D eigenvalue weighted by Crippen LogP contribution is 2.27. The molecule has 9 heteroatoms. The zero-order valence-corrected chi connectivity index (χ0v) is 18.8. The predicted octanol–water partition coefficient (Wildman–Crippen LogP) is 1.71. The van der Waals surface area contributed by atoms with Gasteiger partial charge in [-0.3, -0.25) is 9.59 Å². The molecule has 1 aromatic carbocycles. The summed E-state index contributed by atoms with van der Waals surface area (Å²) in [5, 5.41) is 0. The molecular weight excluding hydrogens is 416 g/mol. The molecule has 0 bridgehead atoms. The average Bonchev–Trinajstić information content (AvgIpc) is 2.93. The topological polar surface area (TPSA) is 90.4 Å². The van der Waals surface area contributed by atoms with Gasteiger partial charge in [0.2, 0.25) is 11.8 Å². The Kier molecular flexibility index (Phi) is 6.31. The van der Waals surface area contributed by atoms with E-state index >= 15 is 0 Å². The average molecular weight is 447 g/mol. The van der Waals surface area contributed by atoms with Crippen molar-refractivity contribution in [2.75, 3.05) is 39.8 Å². The van der Waals surface area contributed by atoms with Crippen LogP contribution >= 0.6 is 0 Å². The molecule has 8 nitrogen and oxygen atoms in total. The van der Waals surface area contributed by atoms with Crippen LogP contribution in [0.4, 0.5) is 0 Å². The summed E-state index contributed by atoms with van der Waals surface area (Å²) in [5.74, 6) is 0.465. The maximum atomic E-state index is 12.9. The number of nitrogens with zero attached hydrogens (tertiary/aromatic N) is 4. The first-order valence-corrected chi connectivity index (χ1v) is 12.5. The Morgan fingerprint density at radius 2 is 1.65 bits per heavy atom. The van der Waals surface area contributed by atoms with E-state index in [0.29, 0.717) is 37.3 Å². The van der Waals surface area contributed by atoms with Gasteiger partial charge in [-0.15, -0.1) is 4.40 Å². The second-order valence-electron chi connectivity index (χ2n) is 8.64. The highest BCUT2D eigenvalue weighted by molar-refractivity contribution is 7.90. The molecule has 2 fully saturated rings. The van der Waals surface area contributed by atoms with Gasteiger partial charge in [-0.2, -0.15) is 8.42 Å². The van der Waals surface area contributed by atoms with Crippen LogP contribution in [0.3, 0.4) is 0 Å². The lowest BCUT2D eigenvalue weighted by Crippen LogP contribution is -2.47. The first-order chi connectivity index (χ1) is 14.9. The Balaban J connectivity index is 1.33. The Labute approximate surface area is 184 Å². The number of sulfonamides is 1. The molecule has 168 valence electrons. The van der Waals surface area contributed by atoms with Crippen LogP contribution in [0, 0.1) is 5.92 Å². The lowest BCUT2D eigenvalue weighted by molar-refractivity contribution is -0.140. The molecule has 0 aromatic heterocycles. The molecule has 31 heavy (non-hydrogen) atoms. The van der Waals surface area contributed by atoms with Crippen LogP contribution in [-0.4, -0.2) is 80.5 Å². The number of benzene rings is 1. The SMILES string of the molecule is CN(CC(=O)N1CCC(C(=O)N2CCCCCC2)CC1)C1=NS(=O)(=O)c2ccccc21. The number of amides is 2. The van der Waals surface area contributed by atoms with E-state index in [1.807, 2.05) is 4.90 Å². The maximum absolute atomic E-state index is 12.9. The van der Waals surface area contributed by atoms with E-state index in [4.69, 9.17) is 0 Å². The normalized spacial score (nSPS) is 21.3. The molecule has 1 aromatic rings. The van der Waals surface area contributed by atoms with E-state index in [-0.39, 0.29) is 29.2 Å². The number of hydrogen-bond acceptors (Lipinski definition) is 5. The summed E-state index contributed by atoms with van der Waals surface area (Å²) in [7, 11) is -2.03. The van der Waals surface area contributed by atoms with Crippen molar-refractivity contribution < 1.29 is 18.0 Å². The summed E-state index contributed by atoms with van der Waals surface area (Å²) in [6.07, 6.45) is 5.92. The number of likely N-dealkylation sites (N-methyl/N-ethyl adjacent to an activating group) is 1. The van der Waals surface area contributed by atoms with Crippen molar-refractivity contribution in [2.24, 2.45) is 10.3 Å². The summed E-state index contributed by atoms with van der Waals surface area (Å²) in [6.45, 7) is 2.87. The number of carbonyl (C=O) groups excluding carboxylic acids is 2. The standard InChI is InChI=1S/C22H30N4O4S/c1-24(21-18-8-4-5-9-19(18)31(29,30)23-21)16-20(27)25-14-10-17(11-15-25)22(28)26-12-6-2-3-7-13-26/h4-5,8-9,17H,2-3,6-7,10-16H2,1H3. The summed E-state index contributed by atoms with van der Waals surface area (Å²) in [6, 6.07) is 6.66. The van der Waals surface area contributed by atoms with E-state index < -0.39 is 10.0 Å². The zero-order valence-electron chi connectivity index (χ0n) is 18.0. The molecule has 0 radical (unpaired) electrons. The van der Waals surface area contributed by atoms with Gasteiger partial charge >= 0.3 is 0 Å². The van der Waals surface area contributed by atoms with Gasteiger partial charge < -0.3 is 14.7 Å². The number of amidine groups is 1. The molecule has 2 saturated heterocycles. The fraction of sp³-hybridized carbons (Fsp3) is 0.591. The maximum Gasteiger partial charge on any atom is 0.285 e. The highest BCUT2D eigenvalue weighted by Gasteiger charge is 2.33. The van der Waals surface area contributed by atoms with Gasteiger partial charge in [-0.1, -0.05) is 25.0 Å². The molecule has 3 heterocycles. The van der Waals surface area contributed by atoms with E-state index in [1.54, 1.807) is 35.0 Å². The van der Waals surface area contributed by atoms with Crippen LogP contribution in [0.25, 0.3) is 0 Å². The van der Waals surface area contributed by atoms with E-state index in [1.165, 1.54) is 18.9 Å². The number of carbonyl (C=O) groups is 2. The van der Waals surface area contributed by atoms with Crippen LogP contribution < -0.4 is 0 Å². The lowest BCUT2D eigenvalue weighted by atomic mass is 9.95. The van der Waals surface area contributed by atoms with Crippen LogP contribution in [0.2, 0.25) is 0 Å². The quantitative estimate of drug-likeness (QED) is 0.705. The van der Waals surface area contributed by atoms with Gasteiger partial charge in [-0.05, 0) is 37.8 Å². The monoisotopic (exact) mass is 446 g/mol. The van der Waals surface area contributed by atoms with Crippen molar-refractivity contribution >= 4 is 27.7 Å². The summed E-state index contributed by atoms with van der Waals surface area (Å²) < 4.78 is 28.4. The molecule has 3 aliphatic heterocycles. The predicted molar refractivity (Wildman–Crippen MR) is 117 cm³/mol. The van der Waals surface area contributed by atoms with E-state index in [2.05, 4.69) is 4.40 Å². The van der Waals surface area contributed by atoms with E-state index in [9.17, 15) is 18.0 Å². The minimum absolute atomic E-state index is 0.00360. The van der Waals surface area contributed by atoms with Crippen molar-refractivity contribution in [1.29, 1.82) is 0 Å². The summed E-state index contributed by atoms with van der Waals surface area (Å²) in [4.78, 5) is 31.3. The molecule has 0 atom stereocenters. The number of fused-ring (bicyclic) bond motifs is 1. The van der Waals surface area contributed by atoms with Crippen LogP contribution in [-0.2, 0) is 19.6 Å².